The molecule has 4 heteroatoms. The van der Waals surface area contributed by atoms with Gasteiger partial charge in [-0.1, -0.05) is 0 Å². The van der Waals surface area contributed by atoms with Crippen molar-refractivity contribution in [2.45, 2.75) is 0 Å². The van der Waals surface area contributed by atoms with Crippen molar-refractivity contribution in [3.05, 3.63) is 0 Å². The summed E-state index contributed by atoms with van der Waals surface area (Å²) < 4.78 is 0. The predicted molar refractivity (Wildman–Crippen MR) is 20.0 cm³/mol. The second kappa shape index (κ2) is 18.2. The molecule has 0 fully saturated rings. The molecule has 0 unspecified atom stereocenters. The molecule has 0 aliphatic heterocycles. The molecule has 5 N–H and O–H groups in total. The van der Waals surface area contributed by atoms with Crippen molar-refractivity contribution in [3.63, 3.8) is 0 Å². The van der Waals surface area contributed by atoms with Crippen molar-refractivity contribution in [1.82, 2.24) is 0 Å². The smallest absolute Gasteiger partial charge is 0.870 e. The number of hydrogen-bond acceptors (Lipinski definition) is 3. The Morgan fingerprint density at radius 1 is 1.00 bits per heavy atom. The maximum atomic E-state index is 4.90. The van der Waals surface area contributed by atoms with E-state index in [0.717, 1.165) is 0 Å². The van der Waals surface area contributed by atoms with Gasteiger partial charge in [0.1, 0.15) is 0 Å². The summed E-state index contributed by atoms with van der Waals surface area (Å²) in [5.74, 6) is 0. The molecule has 0 aromatic carbocycles. The second-order valence-corrected chi connectivity index (χ2v) is 0.577. The van der Waals surface area contributed by atoms with Crippen molar-refractivity contribution >= 4 is 0 Å². The van der Waals surface area contributed by atoms with E-state index in [2.05, 4.69) is 0 Å². The summed E-state index contributed by atoms with van der Waals surface area (Å²) >= 11 is 0. The minimum Gasteiger partial charge on any atom is -0.870 e. The summed E-state index contributed by atoms with van der Waals surface area (Å²) in [6.07, 6.45) is 0. The molecule has 6 heavy (non-hydrogen) atoms. The van der Waals surface area contributed by atoms with Crippen LogP contribution in [0.15, 0.2) is 0 Å². The van der Waals surface area contributed by atoms with Gasteiger partial charge in [0.25, 0.3) is 0 Å². The van der Waals surface area contributed by atoms with Gasteiger partial charge in [-0.05, 0) is 0 Å². The van der Waals surface area contributed by atoms with E-state index >= 15 is 0 Å². The Hall–Kier alpha value is 0.399. The van der Waals surface area contributed by atoms with E-state index in [0.29, 0.717) is 13.1 Å². The average Bonchev–Trinajstić information content (AvgIpc) is 1.37. The van der Waals surface area contributed by atoms with Gasteiger partial charge in [-0.2, -0.15) is 0 Å². The molecule has 0 rings (SSSR count). The normalized spacial score (nSPS) is 5.00. The van der Waals surface area contributed by atoms with Gasteiger partial charge in [0.15, 0.2) is 0 Å². The van der Waals surface area contributed by atoms with Crippen molar-refractivity contribution < 1.29 is 22.5 Å². The molecule has 0 bridgehead atoms. The topological polar surface area (TPSA) is 82.0 Å². The van der Waals surface area contributed by atoms with Crippen molar-refractivity contribution in [1.29, 1.82) is 0 Å². The average molecular weight is 141 g/mol. The zero-order valence-electron chi connectivity index (χ0n) is 3.32. The molecular weight excluding hydrogens is 132 g/mol. The van der Waals surface area contributed by atoms with Gasteiger partial charge in [-0.15, -0.1) is 0 Å². The predicted octanol–water partition coefficient (Wildman–Crippen LogP) is -1.28. The third-order valence-electron chi connectivity index (χ3n) is 0.167. The van der Waals surface area contributed by atoms with E-state index in [-0.39, 0.29) is 22.5 Å². The molecule has 0 aliphatic carbocycles. The molecule has 0 spiro atoms. The van der Waals surface area contributed by atoms with Gasteiger partial charge >= 0.3 is 17.1 Å². The molecule has 0 saturated carbocycles. The first-order valence-corrected chi connectivity index (χ1v) is 1.32. The van der Waals surface area contributed by atoms with Crippen LogP contribution < -0.4 is 11.5 Å². The van der Waals surface area contributed by atoms with Gasteiger partial charge in [-0.25, -0.2) is 0 Å². The van der Waals surface area contributed by atoms with Gasteiger partial charge in [0.2, 0.25) is 0 Å². The van der Waals surface area contributed by atoms with Crippen LogP contribution in [-0.2, 0) is 17.1 Å². The van der Waals surface area contributed by atoms with E-state index in [1.165, 1.54) is 0 Å². The van der Waals surface area contributed by atoms with Crippen LogP contribution in [0.3, 0.4) is 0 Å². The first-order valence-electron chi connectivity index (χ1n) is 1.32. The Labute approximate surface area is 47.9 Å². The molecule has 43 valence electrons. The molecule has 0 amide bonds. The zero-order chi connectivity index (χ0) is 3.41. The largest absolute Gasteiger partial charge is 2.00 e. The van der Waals surface area contributed by atoms with Crippen LogP contribution >= 0.6 is 0 Å². The first kappa shape index (κ1) is 16.1. The van der Waals surface area contributed by atoms with E-state index in [1.54, 1.807) is 0 Å². The van der Waals surface area contributed by atoms with E-state index in [4.69, 9.17) is 11.5 Å². The van der Waals surface area contributed by atoms with Crippen LogP contribution in [0.5, 0.6) is 0 Å². The molecule has 0 heterocycles. The van der Waals surface area contributed by atoms with Crippen LogP contribution in [0.2, 0.25) is 0 Å². The maximum absolute atomic E-state index is 4.90. The molecule has 1 radical (unpaired) electrons. The molecule has 0 aromatic heterocycles. The standard InChI is InChI=1S/C2H8N2.Cu.H2O/c3-1-2-4;;/h1-4H2;;1H2/q;+2;/p-1. The minimum absolute atomic E-state index is 0. The molecule has 3 nitrogen and oxygen atoms in total. The van der Waals surface area contributed by atoms with E-state index < -0.39 is 0 Å². The Balaban J connectivity index is -0.0000000450. The number of hydrogen-bond donors (Lipinski definition) is 2. The summed E-state index contributed by atoms with van der Waals surface area (Å²) in [6, 6.07) is 0. The third kappa shape index (κ3) is 26.0. The number of rotatable bonds is 1. The Bertz CT molecular complexity index is 13.5. The first-order chi connectivity index (χ1) is 1.91. The van der Waals surface area contributed by atoms with Crippen molar-refractivity contribution in [2.75, 3.05) is 13.1 Å². The summed E-state index contributed by atoms with van der Waals surface area (Å²) in [5, 5.41) is 0. The van der Waals surface area contributed by atoms with Gasteiger partial charge < -0.3 is 16.9 Å². The molecule has 0 aromatic rings. The zero-order valence-corrected chi connectivity index (χ0v) is 4.26. The van der Waals surface area contributed by atoms with Crippen LogP contribution in [0.1, 0.15) is 0 Å². The van der Waals surface area contributed by atoms with Crippen LogP contribution in [0, 0.1) is 0 Å². The molecule has 0 atom stereocenters. The van der Waals surface area contributed by atoms with Crippen LogP contribution in [0.25, 0.3) is 0 Å². The summed E-state index contributed by atoms with van der Waals surface area (Å²) in [5.41, 5.74) is 9.81. The minimum atomic E-state index is 0. The van der Waals surface area contributed by atoms with E-state index in [9.17, 15) is 0 Å². The fourth-order valence-corrected chi connectivity index (χ4v) is 0. The Kier molecular flexibility index (Phi) is 48.8. The maximum Gasteiger partial charge on any atom is 2.00 e. The molecule has 0 aliphatic rings. The van der Waals surface area contributed by atoms with Gasteiger partial charge in [-0.3, -0.25) is 0 Å². The molecule has 0 saturated heterocycles. The van der Waals surface area contributed by atoms with Crippen LogP contribution in [0.4, 0.5) is 0 Å². The molecular formula is C2H9CuN2O+. The summed E-state index contributed by atoms with van der Waals surface area (Å²) in [7, 11) is 0. The van der Waals surface area contributed by atoms with Crippen molar-refractivity contribution in [3.8, 4) is 0 Å². The number of nitrogens with two attached hydrogens (primary N) is 2. The fourth-order valence-electron chi connectivity index (χ4n) is 0. The van der Waals surface area contributed by atoms with Gasteiger partial charge in [0, 0.05) is 13.1 Å². The monoisotopic (exact) mass is 140 g/mol. The van der Waals surface area contributed by atoms with E-state index in [1.807, 2.05) is 0 Å². The SMILES string of the molecule is NCCN.[Cu+2].[OH-]. The Morgan fingerprint density at radius 2 is 1.17 bits per heavy atom. The summed E-state index contributed by atoms with van der Waals surface area (Å²) in [6.45, 7) is 1.19. The van der Waals surface area contributed by atoms with Gasteiger partial charge in [0.05, 0.1) is 0 Å². The summed E-state index contributed by atoms with van der Waals surface area (Å²) in [4.78, 5) is 0. The Morgan fingerprint density at radius 3 is 1.17 bits per heavy atom. The quantitative estimate of drug-likeness (QED) is 0.446. The fraction of sp³-hybridized carbons (Fsp3) is 1.00. The van der Waals surface area contributed by atoms with Crippen LogP contribution in [-0.4, -0.2) is 18.6 Å². The van der Waals surface area contributed by atoms with Crippen molar-refractivity contribution in [2.24, 2.45) is 11.5 Å². The third-order valence-corrected chi connectivity index (χ3v) is 0.167. The second-order valence-electron chi connectivity index (χ2n) is 0.577.